The molecular formula is C18H23N3. The van der Waals surface area contributed by atoms with Gasteiger partial charge in [0.05, 0.1) is 5.41 Å². The van der Waals surface area contributed by atoms with E-state index in [-0.39, 0.29) is 5.41 Å². The van der Waals surface area contributed by atoms with E-state index in [0.29, 0.717) is 5.92 Å². The van der Waals surface area contributed by atoms with Gasteiger partial charge in [0.1, 0.15) is 11.6 Å². The molecule has 1 fully saturated rings. The molecule has 3 heteroatoms. The van der Waals surface area contributed by atoms with E-state index in [1.807, 2.05) is 7.05 Å². The smallest absolute Gasteiger partial charge is 0.141 e. The lowest BCUT2D eigenvalue weighted by atomic mass is 9.94. The van der Waals surface area contributed by atoms with Crippen LogP contribution >= 0.6 is 0 Å². The Hall–Kier alpha value is -1.90. The quantitative estimate of drug-likeness (QED) is 0.919. The van der Waals surface area contributed by atoms with Crippen LogP contribution in [0.25, 0.3) is 0 Å². The lowest BCUT2D eigenvalue weighted by Crippen LogP contribution is -2.17. The van der Waals surface area contributed by atoms with Gasteiger partial charge < -0.3 is 5.32 Å². The van der Waals surface area contributed by atoms with Crippen molar-refractivity contribution in [3.8, 4) is 0 Å². The number of benzene rings is 1. The molecule has 0 atom stereocenters. The number of hydrogen-bond donors (Lipinski definition) is 1. The van der Waals surface area contributed by atoms with Crippen LogP contribution in [0.5, 0.6) is 0 Å². The van der Waals surface area contributed by atoms with Crippen LogP contribution in [0.2, 0.25) is 0 Å². The van der Waals surface area contributed by atoms with Gasteiger partial charge in [0.15, 0.2) is 0 Å². The standard InChI is InChI=1S/C18H23N3/c1-12(2)15-13(3)20-17(21-16(15)19-4)18(10-11-18)14-8-6-5-7-9-14/h5-9,12H,10-11H2,1-4H3,(H,19,20,21). The van der Waals surface area contributed by atoms with E-state index < -0.39 is 0 Å². The number of rotatable bonds is 4. The lowest BCUT2D eigenvalue weighted by Gasteiger charge is -2.20. The zero-order valence-corrected chi connectivity index (χ0v) is 13.3. The van der Waals surface area contributed by atoms with Crippen LogP contribution in [0.15, 0.2) is 30.3 Å². The number of aryl methyl sites for hydroxylation is 1. The summed E-state index contributed by atoms with van der Waals surface area (Å²) in [7, 11) is 1.94. The molecule has 21 heavy (non-hydrogen) atoms. The summed E-state index contributed by atoms with van der Waals surface area (Å²) in [5, 5.41) is 3.26. The molecule has 0 radical (unpaired) electrons. The van der Waals surface area contributed by atoms with Gasteiger partial charge >= 0.3 is 0 Å². The Morgan fingerprint density at radius 2 is 1.76 bits per heavy atom. The van der Waals surface area contributed by atoms with Gasteiger partial charge in [-0.3, -0.25) is 0 Å². The van der Waals surface area contributed by atoms with Crippen LogP contribution in [0, 0.1) is 6.92 Å². The van der Waals surface area contributed by atoms with E-state index in [0.717, 1.165) is 30.2 Å². The third-order valence-electron chi connectivity index (χ3n) is 4.45. The fourth-order valence-corrected chi connectivity index (χ4v) is 3.20. The summed E-state index contributed by atoms with van der Waals surface area (Å²) in [4.78, 5) is 9.72. The molecule has 0 aliphatic heterocycles. The minimum Gasteiger partial charge on any atom is -0.373 e. The first kappa shape index (κ1) is 14.1. The van der Waals surface area contributed by atoms with Crippen LogP contribution in [-0.4, -0.2) is 17.0 Å². The van der Waals surface area contributed by atoms with E-state index in [2.05, 4.69) is 56.4 Å². The molecule has 3 nitrogen and oxygen atoms in total. The van der Waals surface area contributed by atoms with Gasteiger partial charge in [-0.1, -0.05) is 44.2 Å². The van der Waals surface area contributed by atoms with E-state index in [9.17, 15) is 0 Å². The summed E-state index contributed by atoms with van der Waals surface area (Å²) in [6.07, 6.45) is 2.28. The maximum atomic E-state index is 4.86. The molecule has 1 aromatic carbocycles. The zero-order valence-electron chi connectivity index (χ0n) is 13.3. The summed E-state index contributed by atoms with van der Waals surface area (Å²) < 4.78 is 0. The second kappa shape index (κ2) is 5.14. The molecule has 2 aromatic rings. The fourth-order valence-electron chi connectivity index (χ4n) is 3.20. The molecule has 1 aliphatic carbocycles. The SMILES string of the molecule is CNc1nc(C2(c3ccccc3)CC2)nc(C)c1C(C)C. The Morgan fingerprint density at radius 1 is 1.10 bits per heavy atom. The highest BCUT2D eigenvalue weighted by molar-refractivity contribution is 5.50. The van der Waals surface area contributed by atoms with Gasteiger partial charge in [-0.2, -0.15) is 0 Å². The normalized spacial score (nSPS) is 16.0. The second-order valence-corrected chi connectivity index (χ2v) is 6.25. The maximum absolute atomic E-state index is 4.86. The van der Waals surface area contributed by atoms with Crippen molar-refractivity contribution in [2.24, 2.45) is 0 Å². The van der Waals surface area contributed by atoms with Crippen LogP contribution in [0.1, 0.15) is 55.3 Å². The number of nitrogens with one attached hydrogen (secondary N) is 1. The summed E-state index contributed by atoms with van der Waals surface area (Å²) >= 11 is 0. The number of nitrogens with zero attached hydrogens (tertiary/aromatic N) is 2. The summed E-state index contributed by atoms with van der Waals surface area (Å²) in [5.41, 5.74) is 3.70. The van der Waals surface area contributed by atoms with Gasteiger partial charge in [0, 0.05) is 18.3 Å². The summed E-state index contributed by atoms with van der Waals surface area (Å²) in [6, 6.07) is 10.7. The van der Waals surface area contributed by atoms with Gasteiger partial charge in [-0.05, 0) is 31.2 Å². The third-order valence-corrected chi connectivity index (χ3v) is 4.45. The van der Waals surface area contributed by atoms with E-state index in [4.69, 9.17) is 9.97 Å². The molecule has 0 saturated heterocycles. The zero-order chi connectivity index (χ0) is 15.0. The first-order chi connectivity index (χ1) is 10.1. The van der Waals surface area contributed by atoms with Gasteiger partial charge in [0.2, 0.25) is 0 Å². The molecule has 1 N–H and O–H groups in total. The monoisotopic (exact) mass is 281 g/mol. The summed E-state index contributed by atoms with van der Waals surface area (Å²) in [5.74, 6) is 2.38. The molecule has 1 aliphatic rings. The number of anilines is 1. The van der Waals surface area contributed by atoms with Crippen molar-refractivity contribution in [3.63, 3.8) is 0 Å². The van der Waals surface area contributed by atoms with Crippen molar-refractivity contribution in [2.45, 2.75) is 44.9 Å². The highest BCUT2D eigenvalue weighted by Crippen LogP contribution is 2.52. The second-order valence-electron chi connectivity index (χ2n) is 6.25. The van der Waals surface area contributed by atoms with E-state index in [1.165, 1.54) is 11.1 Å². The third kappa shape index (κ3) is 2.31. The van der Waals surface area contributed by atoms with Crippen molar-refractivity contribution >= 4 is 5.82 Å². The van der Waals surface area contributed by atoms with Gasteiger partial charge in [0.25, 0.3) is 0 Å². The molecule has 0 amide bonds. The van der Waals surface area contributed by atoms with Gasteiger partial charge in [-0.25, -0.2) is 9.97 Å². The Bertz CT molecular complexity index is 643. The van der Waals surface area contributed by atoms with Crippen LogP contribution in [0.4, 0.5) is 5.82 Å². The maximum Gasteiger partial charge on any atom is 0.141 e. The number of aromatic nitrogens is 2. The average Bonchev–Trinajstić information content (AvgIpc) is 3.28. The molecule has 0 spiro atoms. The topological polar surface area (TPSA) is 37.8 Å². The Morgan fingerprint density at radius 3 is 2.29 bits per heavy atom. The Balaban J connectivity index is 2.10. The fraction of sp³-hybridized carbons (Fsp3) is 0.444. The van der Waals surface area contributed by atoms with Crippen molar-refractivity contribution < 1.29 is 0 Å². The lowest BCUT2D eigenvalue weighted by molar-refractivity contribution is 0.730. The molecular weight excluding hydrogens is 258 g/mol. The van der Waals surface area contributed by atoms with Crippen LogP contribution in [0.3, 0.4) is 0 Å². The van der Waals surface area contributed by atoms with Crippen molar-refractivity contribution in [1.82, 2.24) is 9.97 Å². The highest BCUT2D eigenvalue weighted by atomic mass is 15.0. The Kier molecular flexibility index (Phi) is 3.44. The molecule has 0 unspecified atom stereocenters. The predicted octanol–water partition coefficient (Wildman–Crippen LogP) is 4.03. The molecule has 110 valence electrons. The van der Waals surface area contributed by atoms with E-state index in [1.54, 1.807) is 0 Å². The molecule has 1 aromatic heterocycles. The largest absolute Gasteiger partial charge is 0.373 e. The minimum atomic E-state index is 0.0349. The molecule has 1 heterocycles. The van der Waals surface area contributed by atoms with Crippen molar-refractivity contribution in [3.05, 3.63) is 53.0 Å². The number of hydrogen-bond acceptors (Lipinski definition) is 3. The average molecular weight is 281 g/mol. The van der Waals surface area contributed by atoms with Crippen molar-refractivity contribution in [1.29, 1.82) is 0 Å². The first-order valence-corrected chi connectivity index (χ1v) is 7.71. The molecule has 0 bridgehead atoms. The Labute approximate surface area is 126 Å². The molecule has 1 saturated carbocycles. The first-order valence-electron chi connectivity index (χ1n) is 7.71. The summed E-state index contributed by atoms with van der Waals surface area (Å²) in [6.45, 7) is 6.48. The van der Waals surface area contributed by atoms with Crippen LogP contribution in [-0.2, 0) is 5.41 Å². The molecule has 3 rings (SSSR count). The minimum absolute atomic E-state index is 0.0349. The highest BCUT2D eigenvalue weighted by Gasteiger charge is 2.49. The van der Waals surface area contributed by atoms with Gasteiger partial charge in [-0.15, -0.1) is 0 Å². The van der Waals surface area contributed by atoms with Crippen molar-refractivity contribution in [2.75, 3.05) is 12.4 Å². The van der Waals surface area contributed by atoms with E-state index >= 15 is 0 Å². The van der Waals surface area contributed by atoms with Crippen LogP contribution < -0.4 is 5.32 Å². The predicted molar refractivity (Wildman–Crippen MR) is 86.9 cm³/mol.